The van der Waals surface area contributed by atoms with Crippen molar-refractivity contribution in [1.82, 2.24) is 14.1 Å². The molecule has 0 fully saturated rings. The van der Waals surface area contributed by atoms with Gasteiger partial charge in [-0.3, -0.25) is 18.7 Å². The first-order valence-electron chi connectivity index (χ1n) is 7.76. The first-order valence-corrected chi connectivity index (χ1v) is 8.84. The first kappa shape index (κ1) is 18.5. The molecule has 136 valence electrons. The molecule has 2 aromatic heterocycles. The Hall–Kier alpha value is -2.27. The van der Waals surface area contributed by atoms with Crippen LogP contribution in [0.3, 0.4) is 0 Å². The highest BCUT2D eigenvalue weighted by Crippen LogP contribution is 2.25. The highest BCUT2D eigenvalue weighted by atomic mass is 127. The number of aryl methyl sites for hydroxylation is 1. The zero-order valence-electron chi connectivity index (χ0n) is 14.1. The summed E-state index contributed by atoms with van der Waals surface area (Å²) in [5.41, 5.74) is -0.0403. The number of anilines is 2. The number of hydrogen-bond donors (Lipinski definition) is 2. The second-order valence-corrected chi connectivity index (χ2v) is 7.02. The van der Waals surface area contributed by atoms with Crippen LogP contribution in [0.4, 0.5) is 15.9 Å². The Labute approximate surface area is 161 Å². The molecule has 0 amide bonds. The van der Waals surface area contributed by atoms with Gasteiger partial charge in [0, 0.05) is 16.2 Å². The van der Waals surface area contributed by atoms with Gasteiger partial charge in [0.25, 0.3) is 11.1 Å². The van der Waals surface area contributed by atoms with Gasteiger partial charge < -0.3 is 10.4 Å². The molecule has 0 saturated heterocycles. The van der Waals surface area contributed by atoms with E-state index < -0.39 is 11.4 Å². The Kier molecular flexibility index (Phi) is 5.10. The van der Waals surface area contributed by atoms with E-state index in [2.05, 4.69) is 10.3 Å². The van der Waals surface area contributed by atoms with E-state index in [0.29, 0.717) is 5.56 Å². The number of nitrogens with zero attached hydrogens (tertiary/aromatic N) is 3. The van der Waals surface area contributed by atoms with Gasteiger partial charge in [0.05, 0.1) is 30.7 Å². The molecule has 0 aliphatic carbocycles. The Bertz CT molecular complexity index is 1120. The molecule has 0 aliphatic heterocycles. The van der Waals surface area contributed by atoms with Gasteiger partial charge in [-0.15, -0.1) is 0 Å². The molecular weight excluding hydrogens is 454 g/mol. The van der Waals surface area contributed by atoms with Gasteiger partial charge in [-0.05, 0) is 47.7 Å². The fourth-order valence-corrected chi connectivity index (χ4v) is 3.19. The van der Waals surface area contributed by atoms with Crippen molar-refractivity contribution in [3.63, 3.8) is 0 Å². The zero-order chi connectivity index (χ0) is 19.0. The molecule has 1 aromatic carbocycles. The Morgan fingerprint density at radius 2 is 2.04 bits per heavy atom. The van der Waals surface area contributed by atoms with E-state index in [9.17, 15) is 14.0 Å². The third-order valence-corrected chi connectivity index (χ3v) is 4.79. The number of aliphatic hydroxyl groups excluding tert-OH is 1. The van der Waals surface area contributed by atoms with E-state index >= 15 is 0 Å². The number of benzene rings is 1. The molecule has 26 heavy (non-hydrogen) atoms. The number of rotatable bonds is 4. The molecule has 0 saturated carbocycles. The lowest BCUT2D eigenvalue weighted by atomic mass is 10.2. The number of pyridine rings is 1. The molecular formula is C17H16FIN4O3. The number of hydrogen-bond acceptors (Lipinski definition) is 5. The van der Waals surface area contributed by atoms with Gasteiger partial charge >= 0.3 is 0 Å². The standard InChI is InChI=1S/C17H16FIN4O3/c1-9-14-13(17(26)23(5-6-24)8-20-14)15(22(2)16(9)25)21-12-4-3-10(19)7-11(12)18/h3-4,7-8,21,24H,5-6H2,1-2H3. The molecule has 2 N–H and O–H groups in total. The van der Waals surface area contributed by atoms with Crippen molar-refractivity contribution in [2.45, 2.75) is 13.5 Å². The van der Waals surface area contributed by atoms with Crippen LogP contribution in [0.1, 0.15) is 5.56 Å². The maximum absolute atomic E-state index is 14.3. The van der Waals surface area contributed by atoms with Gasteiger partial charge in [0.15, 0.2) is 0 Å². The number of fused-ring (bicyclic) bond motifs is 1. The number of halogens is 2. The monoisotopic (exact) mass is 470 g/mol. The molecule has 3 rings (SSSR count). The molecule has 0 spiro atoms. The lowest BCUT2D eigenvalue weighted by Gasteiger charge is -2.16. The van der Waals surface area contributed by atoms with Gasteiger partial charge in [-0.1, -0.05) is 0 Å². The molecule has 0 atom stereocenters. The van der Waals surface area contributed by atoms with E-state index in [4.69, 9.17) is 5.11 Å². The van der Waals surface area contributed by atoms with E-state index in [0.717, 1.165) is 3.57 Å². The molecule has 0 radical (unpaired) electrons. The third-order valence-electron chi connectivity index (χ3n) is 4.12. The predicted octanol–water partition coefficient (Wildman–Crippen LogP) is 1.88. The highest BCUT2D eigenvalue weighted by molar-refractivity contribution is 14.1. The van der Waals surface area contributed by atoms with Crippen LogP contribution in [-0.2, 0) is 13.6 Å². The normalized spacial score (nSPS) is 11.1. The molecule has 3 aromatic rings. The molecule has 2 heterocycles. The lowest BCUT2D eigenvalue weighted by molar-refractivity contribution is 0.274. The van der Waals surface area contributed by atoms with Crippen LogP contribution < -0.4 is 16.4 Å². The molecule has 0 unspecified atom stereocenters. The maximum Gasteiger partial charge on any atom is 0.264 e. The summed E-state index contributed by atoms with van der Waals surface area (Å²) in [5.74, 6) is -0.349. The minimum atomic E-state index is -0.502. The van der Waals surface area contributed by atoms with Crippen LogP contribution in [0, 0.1) is 16.3 Å². The van der Waals surface area contributed by atoms with Crippen molar-refractivity contribution in [3.05, 3.63) is 60.2 Å². The maximum atomic E-state index is 14.3. The predicted molar refractivity (Wildman–Crippen MR) is 105 cm³/mol. The highest BCUT2D eigenvalue weighted by Gasteiger charge is 2.18. The third kappa shape index (κ3) is 3.12. The summed E-state index contributed by atoms with van der Waals surface area (Å²) in [6.45, 7) is 1.43. The lowest BCUT2D eigenvalue weighted by Crippen LogP contribution is -2.29. The summed E-state index contributed by atoms with van der Waals surface area (Å²) in [6.07, 6.45) is 1.29. The summed E-state index contributed by atoms with van der Waals surface area (Å²) in [5, 5.41) is 12.2. The second-order valence-electron chi connectivity index (χ2n) is 5.78. The smallest absolute Gasteiger partial charge is 0.264 e. The average Bonchev–Trinajstić information content (AvgIpc) is 2.60. The molecule has 9 heteroatoms. The van der Waals surface area contributed by atoms with Crippen LogP contribution in [0.25, 0.3) is 10.9 Å². The number of aromatic nitrogens is 3. The fourth-order valence-electron chi connectivity index (χ4n) is 2.74. The Morgan fingerprint density at radius 1 is 1.31 bits per heavy atom. The van der Waals surface area contributed by atoms with Crippen molar-refractivity contribution >= 4 is 45.0 Å². The SMILES string of the molecule is Cc1c(=O)n(C)c(Nc2ccc(I)cc2F)c2c(=O)n(CCO)cnc12. The minimum absolute atomic E-state index is 0.0704. The molecule has 0 aliphatic rings. The number of nitrogens with one attached hydrogen (secondary N) is 1. The summed E-state index contributed by atoms with van der Waals surface area (Å²) in [6, 6.07) is 4.60. The van der Waals surface area contributed by atoms with Crippen molar-refractivity contribution < 1.29 is 9.50 Å². The van der Waals surface area contributed by atoms with Crippen LogP contribution >= 0.6 is 22.6 Å². The topological polar surface area (TPSA) is 89.2 Å². The van der Waals surface area contributed by atoms with Gasteiger partial charge in [0.1, 0.15) is 17.0 Å². The van der Waals surface area contributed by atoms with Gasteiger partial charge in [-0.25, -0.2) is 9.37 Å². The van der Waals surface area contributed by atoms with E-state index in [1.165, 1.54) is 34.6 Å². The summed E-state index contributed by atoms with van der Waals surface area (Å²) in [7, 11) is 1.50. The number of aliphatic hydroxyl groups is 1. The Morgan fingerprint density at radius 3 is 2.69 bits per heavy atom. The van der Waals surface area contributed by atoms with Crippen molar-refractivity contribution in [2.24, 2.45) is 7.05 Å². The molecule has 0 bridgehead atoms. The average molecular weight is 470 g/mol. The van der Waals surface area contributed by atoms with E-state index in [-0.39, 0.29) is 41.1 Å². The second kappa shape index (κ2) is 7.16. The summed E-state index contributed by atoms with van der Waals surface area (Å²) in [4.78, 5) is 29.5. The van der Waals surface area contributed by atoms with Crippen molar-refractivity contribution in [1.29, 1.82) is 0 Å². The summed E-state index contributed by atoms with van der Waals surface area (Å²) >= 11 is 1.99. The van der Waals surface area contributed by atoms with Crippen molar-refractivity contribution in [2.75, 3.05) is 11.9 Å². The van der Waals surface area contributed by atoms with Crippen LogP contribution in [0.5, 0.6) is 0 Å². The van der Waals surface area contributed by atoms with Gasteiger partial charge in [-0.2, -0.15) is 0 Å². The van der Waals surface area contributed by atoms with Gasteiger partial charge in [0.2, 0.25) is 0 Å². The van der Waals surface area contributed by atoms with E-state index in [1.54, 1.807) is 13.0 Å². The van der Waals surface area contributed by atoms with E-state index in [1.807, 2.05) is 22.6 Å². The van der Waals surface area contributed by atoms with Crippen LogP contribution in [-0.4, -0.2) is 25.8 Å². The van der Waals surface area contributed by atoms with Crippen LogP contribution in [0.15, 0.2) is 34.1 Å². The minimum Gasteiger partial charge on any atom is -0.395 e. The van der Waals surface area contributed by atoms with Crippen molar-refractivity contribution in [3.8, 4) is 0 Å². The largest absolute Gasteiger partial charge is 0.395 e. The first-order chi connectivity index (χ1) is 12.3. The zero-order valence-corrected chi connectivity index (χ0v) is 16.2. The fraction of sp³-hybridized carbons (Fsp3) is 0.235. The summed E-state index contributed by atoms with van der Waals surface area (Å²) < 4.78 is 17.5. The molecule has 7 nitrogen and oxygen atoms in total. The Balaban J connectivity index is 2.34. The van der Waals surface area contributed by atoms with Crippen LogP contribution in [0.2, 0.25) is 0 Å². The quantitative estimate of drug-likeness (QED) is 0.569.